The van der Waals surface area contributed by atoms with Gasteiger partial charge in [-0.2, -0.15) is 5.26 Å². The van der Waals surface area contributed by atoms with E-state index in [1.165, 1.54) is 11.3 Å². The number of nitrogens with zero attached hydrogens (tertiary/aromatic N) is 5. The molecule has 3 aromatic heterocycles. The fourth-order valence-corrected chi connectivity index (χ4v) is 4.00. The van der Waals surface area contributed by atoms with Gasteiger partial charge in [0, 0.05) is 12.0 Å². The molecule has 10 heteroatoms. The summed E-state index contributed by atoms with van der Waals surface area (Å²) < 4.78 is 0. The smallest absolute Gasteiger partial charge is 0.270 e. The van der Waals surface area contributed by atoms with Crippen LogP contribution in [0, 0.1) is 11.3 Å². The second kappa shape index (κ2) is 7.05. The molecular formula is C16H16N8OS. The van der Waals surface area contributed by atoms with Crippen molar-refractivity contribution in [3.05, 3.63) is 39.3 Å². The molecule has 9 nitrogen and oxygen atoms in total. The Kier molecular flexibility index (Phi) is 4.45. The minimum atomic E-state index is -0.421. The van der Waals surface area contributed by atoms with E-state index in [9.17, 15) is 10.1 Å². The third kappa shape index (κ3) is 3.21. The van der Waals surface area contributed by atoms with Gasteiger partial charge in [0.15, 0.2) is 5.82 Å². The van der Waals surface area contributed by atoms with E-state index in [1.54, 1.807) is 0 Å². The highest BCUT2D eigenvalue weighted by Crippen LogP contribution is 2.32. The molecule has 1 aliphatic rings. The molecule has 1 aliphatic carbocycles. The zero-order valence-corrected chi connectivity index (χ0v) is 14.6. The highest BCUT2D eigenvalue weighted by Gasteiger charge is 2.25. The van der Waals surface area contributed by atoms with Crippen molar-refractivity contribution < 1.29 is 0 Å². The minimum absolute atomic E-state index is 0.0412. The van der Waals surface area contributed by atoms with Crippen LogP contribution in [-0.4, -0.2) is 36.6 Å². The highest BCUT2D eigenvalue weighted by molar-refractivity contribution is 7.13. The molecule has 0 spiro atoms. The molecule has 3 heterocycles. The molecule has 0 aromatic carbocycles. The molecule has 132 valence electrons. The molecule has 0 atom stereocenters. The number of anilines is 1. The number of nitriles is 1. The molecule has 3 aromatic rings. The van der Waals surface area contributed by atoms with Crippen LogP contribution >= 0.6 is 11.3 Å². The van der Waals surface area contributed by atoms with Gasteiger partial charge in [-0.25, -0.2) is 10.1 Å². The van der Waals surface area contributed by atoms with E-state index in [0.717, 1.165) is 36.4 Å². The second-order valence-corrected chi connectivity index (χ2v) is 7.15. The molecule has 0 aliphatic heterocycles. The number of hydrogen-bond acceptors (Lipinski definition) is 8. The zero-order chi connectivity index (χ0) is 17.9. The van der Waals surface area contributed by atoms with Crippen LogP contribution in [0.1, 0.15) is 43.0 Å². The summed E-state index contributed by atoms with van der Waals surface area (Å²) in [7, 11) is 0. The first-order valence-electron chi connectivity index (χ1n) is 8.33. The van der Waals surface area contributed by atoms with Gasteiger partial charge in [-0.15, -0.1) is 16.4 Å². The lowest BCUT2D eigenvalue weighted by atomic mass is 9.85. The number of nitrogens with one attached hydrogen (secondary N) is 3. The third-order valence-corrected chi connectivity index (χ3v) is 5.48. The predicted molar refractivity (Wildman–Crippen MR) is 95.7 cm³/mol. The van der Waals surface area contributed by atoms with Crippen molar-refractivity contribution >= 4 is 17.3 Å². The molecule has 1 saturated carbocycles. The quantitative estimate of drug-likeness (QED) is 0.641. The number of thiophene rings is 1. The zero-order valence-electron chi connectivity index (χ0n) is 13.8. The minimum Gasteiger partial charge on any atom is -0.353 e. The molecule has 3 N–H and O–H groups in total. The standard InChI is InChI=1S/C16H16N8OS/c17-8-11-13(12-2-1-7-26-12)19-16(20-15(11)25)18-10-5-3-9(4-6-10)14-21-23-24-22-14/h1-2,7,9-10H,3-6H2,(H2,18,19,20,25)(H,21,22,23,24)/t9-,10-. The Hall–Kier alpha value is -3.06. The van der Waals surface area contributed by atoms with Gasteiger partial charge >= 0.3 is 0 Å². The number of hydrogen-bond donors (Lipinski definition) is 3. The van der Waals surface area contributed by atoms with E-state index in [1.807, 2.05) is 23.6 Å². The lowest BCUT2D eigenvalue weighted by molar-refractivity contribution is 0.399. The van der Waals surface area contributed by atoms with Crippen LogP contribution in [0.2, 0.25) is 0 Å². The van der Waals surface area contributed by atoms with Crippen molar-refractivity contribution in [2.75, 3.05) is 5.32 Å². The van der Waals surface area contributed by atoms with Crippen LogP contribution in [-0.2, 0) is 0 Å². The summed E-state index contributed by atoms with van der Waals surface area (Å²) in [5.41, 5.74) is 0.0459. The topological polar surface area (TPSA) is 136 Å². The fraction of sp³-hybridized carbons (Fsp3) is 0.375. The monoisotopic (exact) mass is 368 g/mol. The molecular weight excluding hydrogens is 352 g/mol. The Labute approximate surface area is 152 Å². The Bertz CT molecular complexity index is 965. The summed E-state index contributed by atoms with van der Waals surface area (Å²) in [6, 6.07) is 5.88. The van der Waals surface area contributed by atoms with Crippen LogP contribution in [0.4, 0.5) is 5.95 Å². The van der Waals surface area contributed by atoms with Crippen LogP contribution in [0.25, 0.3) is 10.6 Å². The SMILES string of the molecule is N#Cc1c(-c2cccs2)nc(N[C@H]2CC[C@H](c3nnn[nH]3)CC2)[nH]c1=O. The van der Waals surface area contributed by atoms with Crippen LogP contribution in [0.3, 0.4) is 0 Å². The third-order valence-electron chi connectivity index (χ3n) is 4.60. The van der Waals surface area contributed by atoms with Crippen LogP contribution < -0.4 is 10.9 Å². The number of H-pyrrole nitrogens is 2. The predicted octanol–water partition coefficient (Wildman–Crippen LogP) is 2.02. The Morgan fingerprint density at radius 2 is 2.15 bits per heavy atom. The van der Waals surface area contributed by atoms with Crippen molar-refractivity contribution in [1.29, 1.82) is 5.26 Å². The first-order chi connectivity index (χ1) is 12.7. The molecule has 4 rings (SSSR count). The average Bonchev–Trinajstić information content (AvgIpc) is 3.36. The number of rotatable bonds is 4. The molecule has 0 radical (unpaired) electrons. The van der Waals surface area contributed by atoms with Gasteiger partial charge in [0.1, 0.15) is 17.3 Å². The van der Waals surface area contributed by atoms with Gasteiger partial charge < -0.3 is 5.32 Å². The average molecular weight is 368 g/mol. The lowest BCUT2D eigenvalue weighted by Gasteiger charge is -2.27. The van der Waals surface area contributed by atoms with E-state index in [-0.39, 0.29) is 11.6 Å². The largest absolute Gasteiger partial charge is 0.353 e. The van der Waals surface area contributed by atoms with Crippen LogP contribution in [0.15, 0.2) is 22.3 Å². The van der Waals surface area contributed by atoms with E-state index in [0.29, 0.717) is 17.6 Å². The van der Waals surface area contributed by atoms with E-state index in [4.69, 9.17) is 0 Å². The van der Waals surface area contributed by atoms with Gasteiger partial charge in [-0.1, -0.05) is 6.07 Å². The van der Waals surface area contributed by atoms with Crippen molar-refractivity contribution in [2.45, 2.75) is 37.6 Å². The van der Waals surface area contributed by atoms with Crippen molar-refractivity contribution in [3.63, 3.8) is 0 Å². The Morgan fingerprint density at radius 1 is 1.31 bits per heavy atom. The Morgan fingerprint density at radius 3 is 2.81 bits per heavy atom. The van der Waals surface area contributed by atoms with E-state index in [2.05, 4.69) is 35.9 Å². The fourth-order valence-electron chi connectivity index (χ4n) is 3.28. The van der Waals surface area contributed by atoms with Crippen LogP contribution in [0.5, 0.6) is 0 Å². The van der Waals surface area contributed by atoms with E-state index < -0.39 is 5.56 Å². The van der Waals surface area contributed by atoms with Crippen molar-refractivity contribution in [1.82, 2.24) is 30.6 Å². The number of aromatic nitrogens is 6. The lowest BCUT2D eigenvalue weighted by Crippen LogP contribution is -2.28. The molecule has 26 heavy (non-hydrogen) atoms. The molecule has 0 bridgehead atoms. The Balaban J connectivity index is 1.51. The summed E-state index contributed by atoms with van der Waals surface area (Å²) >= 11 is 1.45. The molecule has 1 fully saturated rings. The highest BCUT2D eigenvalue weighted by atomic mass is 32.1. The van der Waals surface area contributed by atoms with Gasteiger partial charge in [0.25, 0.3) is 5.56 Å². The van der Waals surface area contributed by atoms with Gasteiger partial charge in [-0.05, 0) is 47.6 Å². The van der Waals surface area contributed by atoms with Crippen molar-refractivity contribution in [2.24, 2.45) is 0 Å². The summed E-state index contributed by atoms with van der Waals surface area (Å²) in [5, 5.41) is 28.6. The number of tetrazole rings is 1. The second-order valence-electron chi connectivity index (χ2n) is 6.21. The first-order valence-corrected chi connectivity index (χ1v) is 9.21. The molecule has 0 unspecified atom stereocenters. The normalized spacial score (nSPS) is 19.8. The number of aromatic amines is 2. The first kappa shape index (κ1) is 16.4. The van der Waals surface area contributed by atoms with Gasteiger partial charge in [0.05, 0.1) is 4.88 Å². The summed E-state index contributed by atoms with van der Waals surface area (Å²) in [4.78, 5) is 20.2. The van der Waals surface area contributed by atoms with Gasteiger partial charge in [0.2, 0.25) is 5.95 Å². The molecule has 0 amide bonds. The summed E-state index contributed by atoms with van der Waals surface area (Å²) in [6.45, 7) is 0. The summed E-state index contributed by atoms with van der Waals surface area (Å²) in [6.07, 6.45) is 3.74. The molecule has 0 saturated heterocycles. The maximum atomic E-state index is 12.3. The maximum absolute atomic E-state index is 12.3. The summed E-state index contributed by atoms with van der Waals surface area (Å²) in [5.74, 6) is 1.56. The maximum Gasteiger partial charge on any atom is 0.270 e. The van der Waals surface area contributed by atoms with Gasteiger partial charge in [-0.3, -0.25) is 9.78 Å². The van der Waals surface area contributed by atoms with Crippen molar-refractivity contribution in [3.8, 4) is 16.6 Å². The van der Waals surface area contributed by atoms with E-state index >= 15 is 0 Å².